The van der Waals surface area contributed by atoms with Crippen LogP contribution in [0.25, 0.3) is 0 Å². The zero-order valence-electron chi connectivity index (χ0n) is 15.3. The molecule has 140 valence electrons. The molecule has 2 aromatic carbocycles. The maximum Gasteiger partial charge on any atom is 0.229 e. The molecule has 1 aromatic heterocycles. The summed E-state index contributed by atoms with van der Waals surface area (Å²) in [6.45, 7) is 1.09. The van der Waals surface area contributed by atoms with Crippen molar-refractivity contribution in [2.24, 2.45) is 0 Å². The SMILES string of the molecule is COCCOc1ccc(Nc2ncc(SC)c(Nc3ccccc3)n2)cc1. The summed E-state index contributed by atoms with van der Waals surface area (Å²) in [6, 6.07) is 17.6. The van der Waals surface area contributed by atoms with Gasteiger partial charge in [-0.15, -0.1) is 11.8 Å². The summed E-state index contributed by atoms with van der Waals surface area (Å²) >= 11 is 1.60. The van der Waals surface area contributed by atoms with Crippen LogP contribution in [-0.4, -0.2) is 36.5 Å². The summed E-state index contributed by atoms with van der Waals surface area (Å²) in [4.78, 5) is 9.99. The molecule has 0 fully saturated rings. The summed E-state index contributed by atoms with van der Waals surface area (Å²) in [5.74, 6) is 2.09. The topological polar surface area (TPSA) is 68.3 Å². The number of para-hydroxylation sites is 1. The van der Waals surface area contributed by atoms with E-state index < -0.39 is 0 Å². The van der Waals surface area contributed by atoms with Crippen LogP contribution in [0.3, 0.4) is 0 Å². The fourth-order valence-electron chi connectivity index (χ4n) is 2.33. The summed E-state index contributed by atoms with van der Waals surface area (Å²) < 4.78 is 10.5. The number of methoxy groups -OCH3 is 1. The van der Waals surface area contributed by atoms with E-state index >= 15 is 0 Å². The fourth-order valence-corrected chi connectivity index (χ4v) is 2.78. The number of aromatic nitrogens is 2. The molecule has 0 aliphatic rings. The number of hydrogen-bond acceptors (Lipinski definition) is 7. The van der Waals surface area contributed by atoms with E-state index in [-0.39, 0.29) is 0 Å². The molecule has 0 spiro atoms. The van der Waals surface area contributed by atoms with Crippen LogP contribution >= 0.6 is 11.8 Å². The van der Waals surface area contributed by atoms with Gasteiger partial charge in [-0.3, -0.25) is 0 Å². The molecule has 0 atom stereocenters. The fraction of sp³-hybridized carbons (Fsp3) is 0.200. The first-order valence-electron chi connectivity index (χ1n) is 8.50. The monoisotopic (exact) mass is 382 g/mol. The van der Waals surface area contributed by atoms with Gasteiger partial charge in [-0.05, 0) is 42.7 Å². The molecule has 0 aliphatic carbocycles. The largest absolute Gasteiger partial charge is 0.491 e. The number of nitrogens with zero attached hydrogens (tertiary/aromatic N) is 2. The molecule has 0 saturated heterocycles. The highest BCUT2D eigenvalue weighted by molar-refractivity contribution is 7.98. The lowest BCUT2D eigenvalue weighted by atomic mass is 10.3. The summed E-state index contributed by atoms with van der Waals surface area (Å²) in [5.41, 5.74) is 1.87. The van der Waals surface area contributed by atoms with Crippen LogP contribution in [0.4, 0.5) is 23.1 Å². The van der Waals surface area contributed by atoms with Gasteiger partial charge in [0.1, 0.15) is 18.2 Å². The molecule has 0 radical (unpaired) electrons. The van der Waals surface area contributed by atoms with Crippen molar-refractivity contribution < 1.29 is 9.47 Å². The number of rotatable bonds is 9. The molecule has 1 heterocycles. The van der Waals surface area contributed by atoms with Crippen molar-refractivity contribution in [1.29, 1.82) is 0 Å². The third-order valence-electron chi connectivity index (χ3n) is 3.68. The van der Waals surface area contributed by atoms with Gasteiger partial charge < -0.3 is 20.1 Å². The van der Waals surface area contributed by atoms with E-state index in [9.17, 15) is 0 Å². The van der Waals surface area contributed by atoms with Crippen molar-refractivity contribution >= 4 is 34.9 Å². The molecule has 0 bridgehead atoms. The molecule has 0 unspecified atom stereocenters. The predicted molar refractivity (Wildman–Crippen MR) is 111 cm³/mol. The standard InChI is InChI=1S/C20H22N4O2S/c1-25-12-13-26-17-10-8-16(9-11-17)23-20-21-14-18(27-2)19(24-20)22-15-6-4-3-5-7-15/h3-11,14H,12-13H2,1-2H3,(H2,21,22,23,24). The van der Waals surface area contributed by atoms with Gasteiger partial charge in [-0.1, -0.05) is 18.2 Å². The van der Waals surface area contributed by atoms with E-state index in [2.05, 4.69) is 20.6 Å². The van der Waals surface area contributed by atoms with Crippen molar-refractivity contribution in [2.75, 3.05) is 37.2 Å². The van der Waals surface area contributed by atoms with Crippen LogP contribution in [-0.2, 0) is 4.74 Å². The van der Waals surface area contributed by atoms with Crippen molar-refractivity contribution in [3.05, 3.63) is 60.8 Å². The highest BCUT2D eigenvalue weighted by atomic mass is 32.2. The lowest BCUT2D eigenvalue weighted by Crippen LogP contribution is -2.04. The number of ether oxygens (including phenoxy) is 2. The van der Waals surface area contributed by atoms with Crippen LogP contribution < -0.4 is 15.4 Å². The van der Waals surface area contributed by atoms with E-state index in [1.54, 1.807) is 18.9 Å². The van der Waals surface area contributed by atoms with Gasteiger partial charge in [-0.25, -0.2) is 4.98 Å². The first-order chi connectivity index (χ1) is 13.3. The van der Waals surface area contributed by atoms with Crippen LogP contribution in [0.2, 0.25) is 0 Å². The second-order valence-corrected chi connectivity index (χ2v) is 6.44. The maximum absolute atomic E-state index is 5.57. The van der Waals surface area contributed by atoms with Gasteiger partial charge in [0.05, 0.1) is 11.5 Å². The predicted octanol–water partition coefficient (Wildman–Crippen LogP) is 4.71. The molecular weight excluding hydrogens is 360 g/mol. The number of hydrogen-bond donors (Lipinski definition) is 2. The van der Waals surface area contributed by atoms with Crippen LogP contribution in [0, 0.1) is 0 Å². The van der Waals surface area contributed by atoms with Crippen molar-refractivity contribution in [2.45, 2.75) is 4.90 Å². The van der Waals surface area contributed by atoms with Crippen LogP contribution in [0.5, 0.6) is 5.75 Å². The van der Waals surface area contributed by atoms with Gasteiger partial charge in [0, 0.05) is 24.7 Å². The van der Waals surface area contributed by atoms with Crippen LogP contribution in [0.1, 0.15) is 0 Å². The highest BCUT2D eigenvalue weighted by Crippen LogP contribution is 2.27. The number of nitrogens with one attached hydrogen (secondary N) is 2. The van der Waals surface area contributed by atoms with E-state index in [1.807, 2.05) is 67.0 Å². The Kier molecular flexibility index (Phi) is 6.90. The third-order valence-corrected chi connectivity index (χ3v) is 4.42. The lowest BCUT2D eigenvalue weighted by molar-refractivity contribution is 0.146. The van der Waals surface area contributed by atoms with E-state index in [0.717, 1.165) is 27.8 Å². The molecule has 2 N–H and O–H groups in total. The first kappa shape index (κ1) is 19.0. The van der Waals surface area contributed by atoms with Gasteiger partial charge >= 0.3 is 0 Å². The second-order valence-electron chi connectivity index (χ2n) is 5.59. The minimum atomic E-state index is 0.525. The molecule has 27 heavy (non-hydrogen) atoms. The van der Waals surface area contributed by atoms with Crippen LogP contribution in [0.15, 0.2) is 65.7 Å². The van der Waals surface area contributed by atoms with Crippen molar-refractivity contribution in [3.8, 4) is 5.75 Å². The molecule has 6 nitrogen and oxygen atoms in total. The van der Waals surface area contributed by atoms with E-state index in [4.69, 9.17) is 9.47 Å². The quantitative estimate of drug-likeness (QED) is 0.410. The average molecular weight is 382 g/mol. The van der Waals surface area contributed by atoms with Gasteiger partial charge in [0.2, 0.25) is 5.95 Å². The summed E-state index contributed by atoms with van der Waals surface area (Å²) in [6.07, 6.45) is 3.82. The first-order valence-corrected chi connectivity index (χ1v) is 9.73. The minimum absolute atomic E-state index is 0.525. The number of benzene rings is 2. The average Bonchev–Trinajstić information content (AvgIpc) is 2.71. The number of anilines is 4. The number of thioether (sulfide) groups is 1. The van der Waals surface area contributed by atoms with E-state index in [1.165, 1.54) is 0 Å². The molecule has 0 amide bonds. The lowest BCUT2D eigenvalue weighted by Gasteiger charge is -2.12. The molecule has 7 heteroatoms. The molecule has 0 aliphatic heterocycles. The Morgan fingerprint density at radius 1 is 0.926 bits per heavy atom. The molecule has 3 aromatic rings. The normalized spacial score (nSPS) is 10.4. The minimum Gasteiger partial charge on any atom is -0.491 e. The molecule has 0 saturated carbocycles. The third kappa shape index (κ3) is 5.60. The Balaban J connectivity index is 1.70. The smallest absolute Gasteiger partial charge is 0.229 e. The Bertz CT molecular complexity index is 844. The second kappa shape index (κ2) is 9.80. The molecule has 3 rings (SSSR count). The zero-order chi connectivity index (χ0) is 18.9. The van der Waals surface area contributed by atoms with E-state index in [0.29, 0.717) is 19.2 Å². The van der Waals surface area contributed by atoms with Gasteiger partial charge in [-0.2, -0.15) is 4.98 Å². The zero-order valence-corrected chi connectivity index (χ0v) is 16.1. The Labute approximate surface area is 163 Å². The summed E-state index contributed by atoms with van der Waals surface area (Å²) in [5, 5.41) is 6.57. The van der Waals surface area contributed by atoms with Gasteiger partial charge in [0.25, 0.3) is 0 Å². The van der Waals surface area contributed by atoms with Crippen molar-refractivity contribution in [3.63, 3.8) is 0 Å². The summed E-state index contributed by atoms with van der Waals surface area (Å²) in [7, 11) is 1.65. The highest BCUT2D eigenvalue weighted by Gasteiger charge is 2.08. The Hall–Kier alpha value is -2.77. The van der Waals surface area contributed by atoms with Gasteiger partial charge in [0.15, 0.2) is 0 Å². The Morgan fingerprint density at radius 3 is 2.37 bits per heavy atom. The van der Waals surface area contributed by atoms with Crippen molar-refractivity contribution in [1.82, 2.24) is 9.97 Å². The Morgan fingerprint density at radius 2 is 1.67 bits per heavy atom. The maximum atomic E-state index is 5.57. The molecular formula is C20H22N4O2S.